The lowest BCUT2D eigenvalue weighted by Crippen LogP contribution is -2.26. The monoisotopic (exact) mass is 203 g/mol. The van der Waals surface area contributed by atoms with Crippen LogP contribution in [0.4, 0.5) is 5.69 Å². The van der Waals surface area contributed by atoms with Crippen LogP contribution in [-0.2, 0) is 4.74 Å². The highest BCUT2D eigenvalue weighted by Crippen LogP contribution is 2.18. The molecule has 2 atom stereocenters. The summed E-state index contributed by atoms with van der Waals surface area (Å²) in [5.41, 5.74) is 1.37. The third kappa shape index (κ3) is 2.25. The van der Waals surface area contributed by atoms with Crippen LogP contribution < -0.4 is 5.32 Å². The Hall–Kier alpha value is -1.60. The Balaban J connectivity index is 2.07. The first kappa shape index (κ1) is 9.94. The van der Waals surface area contributed by atoms with Crippen molar-refractivity contribution in [3.05, 3.63) is 24.0 Å². The number of hydrogen-bond acceptors (Lipinski definition) is 4. The predicted molar refractivity (Wildman–Crippen MR) is 56.4 cm³/mol. The Morgan fingerprint density at radius 3 is 3.20 bits per heavy atom. The molecule has 1 fully saturated rings. The first-order chi connectivity index (χ1) is 7.29. The molecule has 2 unspecified atom stereocenters. The highest BCUT2D eigenvalue weighted by Gasteiger charge is 2.23. The number of rotatable bonds is 2. The fourth-order valence-electron chi connectivity index (χ4n) is 1.72. The number of hydrogen-bond donors (Lipinski definition) is 1. The fourth-order valence-corrected chi connectivity index (χ4v) is 1.72. The van der Waals surface area contributed by atoms with E-state index in [0.717, 1.165) is 18.7 Å². The average Bonchev–Trinajstić information content (AvgIpc) is 2.65. The molecule has 0 spiro atoms. The zero-order chi connectivity index (χ0) is 10.7. The number of pyridine rings is 1. The van der Waals surface area contributed by atoms with Crippen LogP contribution in [0.3, 0.4) is 0 Å². The fraction of sp³-hybridized carbons (Fsp3) is 0.455. The summed E-state index contributed by atoms with van der Waals surface area (Å²) in [5, 5.41) is 12.1. The van der Waals surface area contributed by atoms with Crippen LogP contribution in [0.1, 0.15) is 19.0 Å². The lowest BCUT2D eigenvalue weighted by Gasteiger charge is -2.17. The van der Waals surface area contributed by atoms with Gasteiger partial charge in [-0.05, 0) is 25.5 Å². The van der Waals surface area contributed by atoms with Gasteiger partial charge in [0.05, 0.1) is 12.1 Å². The number of nitrogens with zero attached hydrogens (tertiary/aromatic N) is 2. The zero-order valence-corrected chi connectivity index (χ0v) is 8.60. The number of ether oxygens (including phenoxy) is 1. The summed E-state index contributed by atoms with van der Waals surface area (Å²) in [6, 6.07) is 5.98. The van der Waals surface area contributed by atoms with Crippen molar-refractivity contribution in [2.45, 2.75) is 25.5 Å². The summed E-state index contributed by atoms with van der Waals surface area (Å²) >= 11 is 0. The van der Waals surface area contributed by atoms with Crippen molar-refractivity contribution in [1.82, 2.24) is 4.98 Å². The molecule has 0 aliphatic carbocycles. The summed E-state index contributed by atoms with van der Waals surface area (Å²) in [6.07, 6.45) is 2.87. The first-order valence-electron chi connectivity index (χ1n) is 5.04. The smallest absolute Gasteiger partial charge is 0.142 e. The topological polar surface area (TPSA) is 57.9 Å². The van der Waals surface area contributed by atoms with E-state index in [1.54, 1.807) is 12.3 Å². The Morgan fingerprint density at radius 2 is 2.53 bits per heavy atom. The Kier molecular flexibility index (Phi) is 2.84. The molecule has 1 aromatic rings. The van der Waals surface area contributed by atoms with Gasteiger partial charge in [-0.15, -0.1) is 0 Å². The Bertz CT molecular complexity index is 386. The summed E-state index contributed by atoms with van der Waals surface area (Å²) in [6.45, 7) is 2.85. The molecule has 1 saturated heterocycles. The van der Waals surface area contributed by atoms with Gasteiger partial charge in [0.15, 0.2) is 0 Å². The minimum absolute atomic E-state index is 0.226. The van der Waals surface area contributed by atoms with Gasteiger partial charge >= 0.3 is 0 Å². The van der Waals surface area contributed by atoms with Crippen molar-refractivity contribution >= 4 is 5.69 Å². The van der Waals surface area contributed by atoms with Gasteiger partial charge in [0.25, 0.3) is 0 Å². The van der Waals surface area contributed by atoms with E-state index >= 15 is 0 Å². The van der Waals surface area contributed by atoms with E-state index in [0.29, 0.717) is 11.7 Å². The minimum Gasteiger partial charge on any atom is -0.379 e. The number of aromatic nitrogens is 1. The molecule has 0 bridgehead atoms. The largest absolute Gasteiger partial charge is 0.379 e. The molecular weight excluding hydrogens is 190 g/mol. The number of nitriles is 1. The third-order valence-electron chi connectivity index (χ3n) is 2.60. The lowest BCUT2D eigenvalue weighted by atomic mass is 10.1. The summed E-state index contributed by atoms with van der Waals surface area (Å²) in [4.78, 5) is 3.92. The highest BCUT2D eigenvalue weighted by molar-refractivity contribution is 5.46. The van der Waals surface area contributed by atoms with Gasteiger partial charge in [0.1, 0.15) is 11.8 Å². The van der Waals surface area contributed by atoms with E-state index in [9.17, 15) is 0 Å². The molecule has 0 amide bonds. The quantitative estimate of drug-likeness (QED) is 0.792. The zero-order valence-electron chi connectivity index (χ0n) is 8.60. The lowest BCUT2D eigenvalue weighted by molar-refractivity contribution is 0.121. The highest BCUT2D eigenvalue weighted by atomic mass is 16.5. The average molecular weight is 203 g/mol. The van der Waals surface area contributed by atoms with Crippen LogP contribution in [0, 0.1) is 11.3 Å². The second kappa shape index (κ2) is 4.28. The van der Waals surface area contributed by atoms with Gasteiger partial charge < -0.3 is 10.1 Å². The molecule has 1 aromatic heterocycles. The molecule has 1 aliphatic rings. The van der Waals surface area contributed by atoms with Crippen LogP contribution >= 0.6 is 0 Å². The van der Waals surface area contributed by atoms with E-state index in [1.165, 1.54) is 0 Å². The van der Waals surface area contributed by atoms with Crippen LogP contribution in [-0.4, -0.2) is 23.7 Å². The normalized spacial score (nSPS) is 24.8. The van der Waals surface area contributed by atoms with Crippen molar-refractivity contribution < 1.29 is 4.74 Å². The minimum atomic E-state index is 0.226. The van der Waals surface area contributed by atoms with E-state index in [-0.39, 0.29) is 6.10 Å². The van der Waals surface area contributed by atoms with E-state index in [2.05, 4.69) is 17.2 Å². The molecule has 0 aromatic carbocycles. The second-order valence-corrected chi connectivity index (χ2v) is 3.66. The van der Waals surface area contributed by atoms with Gasteiger partial charge in [-0.25, -0.2) is 4.98 Å². The maximum Gasteiger partial charge on any atom is 0.142 e. The van der Waals surface area contributed by atoms with Crippen molar-refractivity contribution in [3.8, 4) is 6.07 Å². The maximum atomic E-state index is 8.71. The molecule has 4 nitrogen and oxygen atoms in total. The molecular formula is C11H13N3O. The molecule has 4 heteroatoms. The molecule has 78 valence electrons. The summed E-state index contributed by atoms with van der Waals surface area (Å²) < 4.78 is 5.45. The molecule has 1 aliphatic heterocycles. The van der Waals surface area contributed by atoms with Gasteiger partial charge in [0.2, 0.25) is 0 Å². The maximum absolute atomic E-state index is 8.71. The summed E-state index contributed by atoms with van der Waals surface area (Å²) in [5.74, 6) is 0. The van der Waals surface area contributed by atoms with Gasteiger partial charge in [-0.3, -0.25) is 0 Å². The van der Waals surface area contributed by atoms with E-state index < -0.39 is 0 Å². The predicted octanol–water partition coefficient (Wildman–Crippen LogP) is 1.54. The van der Waals surface area contributed by atoms with Crippen molar-refractivity contribution in [1.29, 1.82) is 5.26 Å². The van der Waals surface area contributed by atoms with E-state index in [4.69, 9.17) is 10.00 Å². The SMILES string of the molecule is CC1OCCC1Nc1ccnc(C#N)c1. The van der Waals surface area contributed by atoms with Gasteiger partial charge in [0, 0.05) is 18.5 Å². The van der Waals surface area contributed by atoms with Crippen LogP contribution in [0.15, 0.2) is 18.3 Å². The molecule has 0 saturated carbocycles. The molecule has 2 rings (SSSR count). The summed E-state index contributed by atoms with van der Waals surface area (Å²) in [7, 11) is 0. The number of nitrogens with one attached hydrogen (secondary N) is 1. The molecule has 1 N–H and O–H groups in total. The molecule has 15 heavy (non-hydrogen) atoms. The van der Waals surface area contributed by atoms with Crippen molar-refractivity contribution in [3.63, 3.8) is 0 Å². The Labute approximate surface area is 88.9 Å². The van der Waals surface area contributed by atoms with Crippen LogP contribution in [0.2, 0.25) is 0 Å². The Morgan fingerprint density at radius 1 is 1.67 bits per heavy atom. The van der Waals surface area contributed by atoms with Crippen molar-refractivity contribution in [2.24, 2.45) is 0 Å². The van der Waals surface area contributed by atoms with Gasteiger partial charge in [-0.2, -0.15) is 5.26 Å². The second-order valence-electron chi connectivity index (χ2n) is 3.66. The molecule has 2 heterocycles. The first-order valence-corrected chi connectivity index (χ1v) is 5.04. The van der Waals surface area contributed by atoms with Gasteiger partial charge in [-0.1, -0.05) is 0 Å². The standard InChI is InChI=1S/C11H13N3O/c1-8-11(3-5-15-8)14-9-2-4-13-10(6-9)7-12/h2,4,6,8,11H,3,5H2,1H3,(H,13,14). The van der Waals surface area contributed by atoms with E-state index in [1.807, 2.05) is 12.1 Å². The van der Waals surface area contributed by atoms with Crippen molar-refractivity contribution in [2.75, 3.05) is 11.9 Å². The molecule has 0 radical (unpaired) electrons. The van der Waals surface area contributed by atoms with Crippen LogP contribution in [0.25, 0.3) is 0 Å². The number of anilines is 1. The third-order valence-corrected chi connectivity index (χ3v) is 2.60. The van der Waals surface area contributed by atoms with Crippen LogP contribution in [0.5, 0.6) is 0 Å².